The van der Waals surface area contributed by atoms with E-state index in [2.05, 4.69) is 4.74 Å². The highest BCUT2D eigenvalue weighted by molar-refractivity contribution is 6.31. The molecular weight excluding hydrogens is 218 g/mol. The molecule has 0 unspecified atom stereocenters. The monoisotopic (exact) mass is 229 g/mol. The molecule has 15 heavy (non-hydrogen) atoms. The molecule has 0 spiro atoms. The Kier molecular flexibility index (Phi) is 3.94. The van der Waals surface area contributed by atoms with Gasteiger partial charge in [-0.15, -0.1) is 0 Å². The third-order valence-corrected chi connectivity index (χ3v) is 2.31. The standard InChI is InChI=1S/C10H12ClNO3/c1-6(15-10(12)14)9(13)7-4-2-3-5-8(7)11/h2-6,9,13H,1H3,(H2,12,14)/t6-,9+/m0/s1. The van der Waals surface area contributed by atoms with E-state index in [-0.39, 0.29) is 0 Å². The topological polar surface area (TPSA) is 72.5 Å². The molecule has 0 aromatic heterocycles. The highest BCUT2D eigenvalue weighted by Gasteiger charge is 2.21. The van der Waals surface area contributed by atoms with E-state index in [0.717, 1.165) is 0 Å². The second-order valence-corrected chi connectivity index (χ2v) is 3.52. The van der Waals surface area contributed by atoms with Gasteiger partial charge in [0.2, 0.25) is 0 Å². The number of halogens is 1. The Hall–Kier alpha value is -1.26. The van der Waals surface area contributed by atoms with Gasteiger partial charge in [-0.2, -0.15) is 0 Å². The van der Waals surface area contributed by atoms with E-state index in [1.807, 2.05) is 0 Å². The fourth-order valence-corrected chi connectivity index (χ4v) is 1.46. The predicted molar refractivity (Wildman–Crippen MR) is 56.5 cm³/mol. The minimum Gasteiger partial charge on any atom is -0.444 e. The molecule has 1 aromatic rings. The average molecular weight is 230 g/mol. The maximum Gasteiger partial charge on any atom is 0.404 e. The average Bonchev–Trinajstić information content (AvgIpc) is 2.16. The van der Waals surface area contributed by atoms with Gasteiger partial charge in [0.15, 0.2) is 0 Å². The maximum absolute atomic E-state index is 10.5. The van der Waals surface area contributed by atoms with Crippen molar-refractivity contribution in [3.05, 3.63) is 34.9 Å². The van der Waals surface area contributed by atoms with Crippen LogP contribution < -0.4 is 5.73 Å². The summed E-state index contributed by atoms with van der Waals surface area (Å²) in [7, 11) is 0. The summed E-state index contributed by atoms with van der Waals surface area (Å²) >= 11 is 5.87. The number of hydrogen-bond donors (Lipinski definition) is 2. The van der Waals surface area contributed by atoms with E-state index in [0.29, 0.717) is 10.6 Å². The molecular formula is C10H12ClNO3. The smallest absolute Gasteiger partial charge is 0.404 e. The largest absolute Gasteiger partial charge is 0.444 e. The molecule has 0 aliphatic carbocycles. The van der Waals surface area contributed by atoms with Gasteiger partial charge in [-0.05, 0) is 13.0 Å². The van der Waals surface area contributed by atoms with Crippen molar-refractivity contribution in [3.63, 3.8) is 0 Å². The summed E-state index contributed by atoms with van der Waals surface area (Å²) < 4.78 is 4.65. The highest BCUT2D eigenvalue weighted by Crippen LogP contribution is 2.25. The number of amides is 1. The minimum absolute atomic E-state index is 0.421. The van der Waals surface area contributed by atoms with Crippen LogP contribution in [0.4, 0.5) is 4.79 Å². The molecule has 0 fully saturated rings. The minimum atomic E-state index is -0.980. The van der Waals surface area contributed by atoms with E-state index in [9.17, 15) is 9.90 Å². The summed E-state index contributed by atoms with van der Waals surface area (Å²) in [6, 6.07) is 6.80. The molecule has 3 N–H and O–H groups in total. The summed E-state index contributed by atoms with van der Waals surface area (Å²) in [5.74, 6) is 0. The summed E-state index contributed by atoms with van der Waals surface area (Å²) in [5.41, 5.74) is 5.35. The zero-order valence-electron chi connectivity index (χ0n) is 8.18. The van der Waals surface area contributed by atoms with Crippen LogP contribution in [-0.4, -0.2) is 17.3 Å². The molecule has 2 atom stereocenters. The van der Waals surface area contributed by atoms with Crippen molar-refractivity contribution < 1.29 is 14.6 Å². The van der Waals surface area contributed by atoms with Crippen LogP contribution in [0.1, 0.15) is 18.6 Å². The molecule has 1 rings (SSSR count). The summed E-state index contributed by atoms with van der Waals surface area (Å²) in [4.78, 5) is 10.5. The van der Waals surface area contributed by atoms with E-state index in [4.69, 9.17) is 17.3 Å². The Morgan fingerprint density at radius 3 is 2.67 bits per heavy atom. The predicted octanol–water partition coefficient (Wildman–Crippen LogP) is 1.86. The van der Waals surface area contributed by atoms with Crippen LogP contribution in [0.3, 0.4) is 0 Å². The van der Waals surface area contributed by atoms with Crippen LogP contribution in [0.25, 0.3) is 0 Å². The molecule has 0 saturated heterocycles. The lowest BCUT2D eigenvalue weighted by molar-refractivity contribution is 0.0158. The number of hydrogen-bond acceptors (Lipinski definition) is 3. The van der Waals surface area contributed by atoms with Gasteiger partial charge in [-0.25, -0.2) is 4.79 Å². The fraction of sp³-hybridized carbons (Fsp3) is 0.300. The number of primary amides is 1. The molecule has 4 nitrogen and oxygen atoms in total. The third-order valence-electron chi connectivity index (χ3n) is 1.97. The van der Waals surface area contributed by atoms with Gasteiger partial charge in [-0.3, -0.25) is 0 Å². The van der Waals surface area contributed by atoms with E-state index >= 15 is 0 Å². The van der Waals surface area contributed by atoms with E-state index in [1.54, 1.807) is 31.2 Å². The SMILES string of the molecule is C[C@H](OC(N)=O)[C@@H](O)c1ccccc1Cl. The lowest BCUT2D eigenvalue weighted by Crippen LogP contribution is -2.25. The first-order valence-corrected chi connectivity index (χ1v) is 4.78. The number of aliphatic hydroxyl groups is 1. The van der Waals surface area contributed by atoms with Crippen molar-refractivity contribution in [2.24, 2.45) is 5.73 Å². The first-order valence-electron chi connectivity index (χ1n) is 4.41. The zero-order chi connectivity index (χ0) is 11.4. The van der Waals surface area contributed by atoms with Crippen LogP contribution in [0.5, 0.6) is 0 Å². The molecule has 82 valence electrons. The van der Waals surface area contributed by atoms with E-state index < -0.39 is 18.3 Å². The van der Waals surface area contributed by atoms with Crippen LogP contribution in [0, 0.1) is 0 Å². The number of nitrogens with two attached hydrogens (primary N) is 1. The van der Waals surface area contributed by atoms with E-state index in [1.165, 1.54) is 0 Å². The molecule has 0 saturated carbocycles. The summed E-state index contributed by atoms with van der Waals surface area (Å²) in [6.45, 7) is 1.54. The van der Waals surface area contributed by atoms with Crippen LogP contribution >= 0.6 is 11.6 Å². The first-order chi connectivity index (χ1) is 7.02. The van der Waals surface area contributed by atoms with Gasteiger partial charge in [0.05, 0.1) is 0 Å². The Bertz CT molecular complexity index is 356. The van der Waals surface area contributed by atoms with Crippen LogP contribution in [0.2, 0.25) is 5.02 Å². The summed E-state index contributed by atoms with van der Waals surface area (Å²) in [6.07, 6.45) is -2.64. The number of aliphatic hydroxyl groups excluding tert-OH is 1. The second kappa shape index (κ2) is 5.00. The molecule has 1 aromatic carbocycles. The maximum atomic E-state index is 10.5. The number of carbonyl (C=O) groups excluding carboxylic acids is 1. The Labute approximate surface area is 92.6 Å². The lowest BCUT2D eigenvalue weighted by Gasteiger charge is -2.19. The molecule has 0 aliphatic rings. The van der Waals surface area contributed by atoms with Gasteiger partial charge in [0.1, 0.15) is 12.2 Å². The van der Waals surface area contributed by atoms with Crippen molar-refractivity contribution in [1.82, 2.24) is 0 Å². The molecule has 1 amide bonds. The number of rotatable bonds is 3. The number of ether oxygens (including phenoxy) is 1. The van der Waals surface area contributed by atoms with Gasteiger partial charge in [0.25, 0.3) is 0 Å². The van der Waals surface area contributed by atoms with Crippen LogP contribution in [0.15, 0.2) is 24.3 Å². The quantitative estimate of drug-likeness (QED) is 0.831. The van der Waals surface area contributed by atoms with Crippen molar-refractivity contribution in [1.29, 1.82) is 0 Å². The highest BCUT2D eigenvalue weighted by atomic mass is 35.5. The molecule has 0 bridgehead atoms. The first kappa shape index (κ1) is 11.8. The second-order valence-electron chi connectivity index (χ2n) is 3.11. The van der Waals surface area contributed by atoms with Crippen LogP contribution in [-0.2, 0) is 4.74 Å². The Morgan fingerprint density at radius 1 is 1.53 bits per heavy atom. The van der Waals surface area contributed by atoms with Gasteiger partial charge >= 0.3 is 6.09 Å². The molecule has 0 radical (unpaired) electrons. The third kappa shape index (κ3) is 3.11. The number of carbonyl (C=O) groups is 1. The van der Waals surface area contributed by atoms with Crippen molar-refractivity contribution in [3.8, 4) is 0 Å². The number of benzene rings is 1. The fourth-order valence-electron chi connectivity index (χ4n) is 1.22. The molecule has 0 aliphatic heterocycles. The van der Waals surface area contributed by atoms with Crippen molar-refractivity contribution in [2.45, 2.75) is 19.1 Å². The van der Waals surface area contributed by atoms with Crippen molar-refractivity contribution in [2.75, 3.05) is 0 Å². The zero-order valence-corrected chi connectivity index (χ0v) is 8.94. The van der Waals surface area contributed by atoms with Gasteiger partial charge in [0, 0.05) is 10.6 Å². The Balaban J connectivity index is 2.80. The molecule has 5 heteroatoms. The Morgan fingerprint density at radius 2 is 2.13 bits per heavy atom. The van der Waals surface area contributed by atoms with Gasteiger partial charge in [-0.1, -0.05) is 29.8 Å². The summed E-state index contributed by atoms with van der Waals surface area (Å²) in [5, 5.41) is 10.2. The normalized spacial score (nSPS) is 14.3. The lowest BCUT2D eigenvalue weighted by atomic mass is 10.1. The van der Waals surface area contributed by atoms with Gasteiger partial charge < -0.3 is 15.6 Å². The van der Waals surface area contributed by atoms with Crippen molar-refractivity contribution >= 4 is 17.7 Å². The molecule has 0 heterocycles.